The number of thiocarbonyl (C=S) groups is 1. The predicted molar refractivity (Wildman–Crippen MR) is 133 cm³/mol. The van der Waals surface area contributed by atoms with Gasteiger partial charge in [-0.05, 0) is 60.6 Å². The van der Waals surface area contributed by atoms with E-state index in [1.54, 1.807) is 7.11 Å². The minimum atomic E-state index is -0.0536. The van der Waals surface area contributed by atoms with Crippen LogP contribution in [0.4, 0.5) is 0 Å². The number of aromatic nitrogens is 1. The molecule has 1 saturated heterocycles. The number of aryl methyl sites for hydroxylation is 1. The van der Waals surface area contributed by atoms with Gasteiger partial charge in [0.05, 0.1) is 19.8 Å². The Morgan fingerprint density at radius 1 is 1.28 bits per heavy atom. The second-order valence-corrected chi connectivity index (χ2v) is 8.59. The summed E-state index contributed by atoms with van der Waals surface area (Å²) in [6.07, 6.45) is 2.83. The van der Waals surface area contributed by atoms with Crippen molar-refractivity contribution in [1.29, 1.82) is 0 Å². The fourth-order valence-electron chi connectivity index (χ4n) is 3.93. The second kappa shape index (κ2) is 12.9. The molecule has 2 heterocycles. The second-order valence-electron chi connectivity index (χ2n) is 8.21. The molecule has 2 aromatic rings. The lowest BCUT2D eigenvalue weighted by Gasteiger charge is -2.29. The molecule has 0 amide bonds. The lowest BCUT2D eigenvalue weighted by atomic mass is 10.1. The number of aromatic amines is 1. The van der Waals surface area contributed by atoms with Gasteiger partial charge in [0.1, 0.15) is 0 Å². The van der Waals surface area contributed by atoms with Crippen LogP contribution in [0.1, 0.15) is 30.9 Å². The Bertz CT molecular complexity index is 927. The molecule has 32 heavy (non-hydrogen) atoms. The van der Waals surface area contributed by atoms with Crippen molar-refractivity contribution in [2.75, 3.05) is 59.7 Å². The number of hydrogen-bond donors (Lipinski definition) is 2. The van der Waals surface area contributed by atoms with Gasteiger partial charge in [-0.15, -0.1) is 0 Å². The molecule has 0 bridgehead atoms. The zero-order chi connectivity index (χ0) is 22.8. The minimum Gasteiger partial charge on any atom is -0.385 e. The molecule has 0 radical (unpaired) electrons. The summed E-state index contributed by atoms with van der Waals surface area (Å²) in [6.45, 7) is 9.41. The van der Waals surface area contributed by atoms with E-state index >= 15 is 0 Å². The molecule has 7 nitrogen and oxygen atoms in total. The number of benzene rings is 1. The van der Waals surface area contributed by atoms with Gasteiger partial charge >= 0.3 is 0 Å². The number of hydrogen-bond acceptors (Lipinski definition) is 5. The van der Waals surface area contributed by atoms with Crippen molar-refractivity contribution in [1.82, 2.24) is 20.1 Å². The Morgan fingerprint density at radius 2 is 2.09 bits per heavy atom. The summed E-state index contributed by atoms with van der Waals surface area (Å²) in [5.74, 6) is 0. The molecule has 2 N–H and O–H groups in total. The number of methoxy groups -OCH3 is 1. The predicted octanol–water partition coefficient (Wildman–Crippen LogP) is 2.53. The maximum Gasteiger partial charge on any atom is 0.253 e. The molecule has 3 rings (SSSR count). The summed E-state index contributed by atoms with van der Waals surface area (Å²) in [4.78, 5) is 20.4. The summed E-state index contributed by atoms with van der Waals surface area (Å²) < 4.78 is 10.6. The van der Waals surface area contributed by atoms with Crippen LogP contribution >= 0.6 is 12.2 Å². The van der Waals surface area contributed by atoms with E-state index in [1.165, 1.54) is 5.56 Å². The minimum absolute atomic E-state index is 0.0536. The van der Waals surface area contributed by atoms with E-state index in [4.69, 9.17) is 21.7 Å². The lowest BCUT2D eigenvalue weighted by Crippen LogP contribution is -2.43. The van der Waals surface area contributed by atoms with Crippen molar-refractivity contribution < 1.29 is 9.47 Å². The number of ether oxygens (including phenoxy) is 2. The number of nitrogens with zero attached hydrogens (tertiary/aromatic N) is 2. The normalized spacial score (nSPS) is 14.6. The van der Waals surface area contributed by atoms with Gasteiger partial charge in [-0.25, -0.2) is 0 Å². The van der Waals surface area contributed by atoms with E-state index in [0.717, 1.165) is 81.7 Å². The summed E-state index contributed by atoms with van der Waals surface area (Å²) in [5.41, 5.74) is 2.81. The first-order valence-corrected chi connectivity index (χ1v) is 12.0. The van der Waals surface area contributed by atoms with Gasteiger partial charge in [0.25, 0.3) is 5.56 Å². The van der Waals surface area contributed by atoms with Crippen LogP contribution in [-0.4, -0.2) is 79.6 Å². The highest BCUT2D eigenvalue weighted by Gasteiger charge is 2.15. The Kier molecular flexibility index (Phi) is 9.92. The molecule has 0 aliphatic carbocycles. The first kappa shape index (κ1) is 24.6. The third-order valence-electron chi connectivity index (χ3n) is 5.85. The molecular weight excluding hydrogens is 424 g/mol. The maximum atomic E-state index is 12.8. The van der Waals surface area contributed by atoms with Crippen molar-refractivity contribution in [2.45, 2.75) is 32.7 Å². The zero-order valence-electron chi connectivity index (χ0n) is 19.3. The first-order chi connectivity index (χ1) is 15.6. The third-order valence-corrected chi connectivity index (χ3v) is 6.25. The largest absolute Gasteiger partial charge is 0.385 e. The molecule has 1 aromatic carbocycles. The van der Waals surface area contributed by atoms with Crippen LogP contribution < -0.4 is 10.9 Å². The number of nitrogens with one attached hydrogen (secondary N) is 2. The Morgan fingerprint density at radius 3 is 2.84 bits per heavy atom. The topological polar surface area (TPSA) is 69.8 Å². The van der Waals surface area contributed by atoms with Gasteiger partial charge in [0.2, 0.25) is 0 Å². The average Bonchev–Trinajstić information content (AvgIpc) is 2.81. The van der Waals surface area contributed by atoms with Crippen LogP contribution in [0, 0.1) is 0 Å². The van der Waals surface area contributed by atoms with Crippen molar-refractivity contribution in [3.8, 4) is 0 Å². The van der Waals surface area contributed by atoms with Crippen molar-refractivity contribution in [3.63, 3.8) is 0 Å². The van der Waals surface area contributed by atoms with Crippen LogP contribution in [0.25, 0.3) is 10.9 Å². The lowest BCUT2D eigenvalue weighted by molar-refractivity contribution is 0.0367. The van der Waals surface area contributed by atoms with Gasteiger partial charge in [0.15, 0.2) is 5.11 Å². The number of pyridine rings is 1. The van der Waals surface area contributed by atoms with E-state index in [9.17, 15) is 4.79 Å². The monoisotopic (exact) mass is 460 g/mol. The van der Waals surface area contributed by atoms with Crippen molar-refractivity contribution in [2.24, 2.45) is 0 Å². The van der Waals surface area contributed by atoms with Gasteiger partial charge in [-0.2, -0.15) is 0 Å². The smallest absolute Gasteiger partial charge is 0.253 e. The summed E-state index contributed by atoms with van der Waals surface area (Å²) in [6, 6.07) is 8.21. The molecule has 1 aliphatic heterocycles. The Labute approximate surface area is 196 Å². The molecule has 0 atom stereocenters. The average molecular weight is 461 g/mol. The first-order valence-electron chi connectivity index (χ1n) is 11.6. The number of morpholine rings is 1. The number of fused-ring (bicyclic) bond motifs is 1. The molecule has 0 saturated carbocycles. The van der Waals surface area contributed by atoms with E-state index in [0.29, 0.717) is 18.3 Å². The standard InChI is InChI=1S/C24H36N4O3S/c1-3-19-6-7-22-20(16-19)17-21(23(29)26-22)18-28(24(32)25-8-4-13-30-2)10-5-9-27-11-14-31-15-12-27/h6-7,16-17H,3-5,8-15,18H2,1-2H3,(H,25,32)(H,26,29). The third kappa shape index (κ3) is 7.27. The number of H-pyrrole nitrogens is 1. The molecular formula is C24H36N4O3S. The molecule has 0 spiro atoms. The summed E-state index contributed by atoms with van der Waals surface area (Å²) in [7, 11) is 1.70. The molecule has 1 aromatic heterocycles. The van der Waals surface area contributed by atoms with Gasteiger partial charge in [-0.3, -0.25) is 9.69 Å². The van der Waals surface area contributed by atoms with Gasteiger partial charge in [0, 0.05) is 57.5 Å². The highest BCUT2D eigenvalue weighted by atomic mass is 32.1. The van der Waals surface area contributed by atoms with E-state index in [-0.39, 0.29) is 5.56 Å². The van der Waals surface area contributed by atoms with Crippen LogP contribution in [-0.2, 0) is 22.4 Å². The molecule has 1 aliphatic rings. The summed E-state index contributed by atoms with van der Waals surface area (Å²) in [5, 5.41) is 5.08. The quantitative estimate of drug-likeness (QED) is 0.394. The van der Waals surface area contributed by atoms with Gasteiger partial charge in [-0.1, -0.05) is 13.0 Å². The van der Waals surface area contributed by atoms with Crippen molar-refractivity contribution >= 4 is 28.2 Å². The Balaban J connectivity index is 1.70. The fourth-order valence-corrected chi connectivity index (χ4v) is 4.19. The van der Waals surface area contributed by atoms with E-state index in [1.807, 2.05) is 12.1 Å². The fraction of sp³-hybridized carbons (Fsp3) is 0.583. The molecule has 8 heteroatoms. The zero-order valence-corrected chi connectivity index (χ0v) is 20.1. The van der Waals surface area contributed by atoms with Gasteiger partial charge < -0.3 is 24.7 Å². The maximum absolute atomic E-state index is 12.8. The van der Waals surface area contributed by atoms with Crippen molar-refractivity contribution in [3.05, 3.63) is 45.7 Å². The van der Waals surface area contributed by atoms with E-state index < -0.39 is 0 Å². The van der Waals surface area contributed by atoms with E-state index in [2.05, 4.69) is 39.2 Å². The molecule has 1 fully saturated rings. The number of rotatable bonds is 11. The molecule has 176 valence electrons. The summed E-state index contributed by atoms with van der Waals surface area (Å²) >= 11 is 5.70. The SMILES string of the molecule is CCc1ccc2[nH]c(=O)c(CN(CCCN3CCOCC3)C(=S)NCCCOC)cc2c1. The highest BCUT2D eigenvalue weighted by Crippen LogP contribution is 2.15. The van der Waals surface area contributed by atoms with Crippen LogP contribution in [0.15, 0.2) is 29.1 Å². The Hall–Kier alpha value is -2.00. The molecule has 0 unspecified atom stereocenters. The van der Waals surface area contributed by atoms with Crippen LogP contribution in [0.5, 0.6) is 0 Å². The van der Waals surface area contributed by atoms with Crippen LogP contribution in [0.2, 0.25) is 0 Å². The van der Waals surface area contributed by atoms with Crippen LogP contribution in [0.3, 0.4) is 0 Å². The highest BCUT2D eigenvalue weighted by molar-refractivity contribution is 7.80.